The molecule has 0 aliphatic heterocycles. The van der Waals surface area contributed by atoms with Crippen LogP contribution in [0.4, 0.5) is 0 Å². The van der Waals surface area contributed by atoms with Crippen molar-refractivity contribution in [3.8, 4) is 0 Å². The number of aryl methyl sites for hydroxylation is 2. The molecule has 1 aromatic heterocycles. The lowest BCUT2D eigenvalue weighted by atomic mass is 10.1. The lowest BCUT2D eigenvalue weighted by Gasteiger charge is -2.23. The molecule has 2 N–H and O–H groups in total. The molecule has 6 nitrogen and oxygen atoms in total. The third kappa shape index (κ3) is 6.77. The van der Waals surface area contributed by atoms with Crippen LogP contribution in [0.15, 0.2) is 35.5 Å². The van der Waals surface area contributed by atoms with Gasteiger partial charge in [-0.05, 0) is 25.3 Å². The van der Waals surface area contributed by atoms with E-state index in [1.54, 1.807) is 0 Å². The number of guanidine groups is 1. The first-order chi connectivity index (χ1) is 12.8. The topological polar surface area (TPSA) is 65.7 Å². The molecule has 0 fully saturated rings. The summed E-state index contributed by atoms with van der Waals surface area (Å²) in [5.74, 6) is 1.15. The van der Waals surface area contributed by atoms with Crippen LogP contribution in [-0.2, 0) is 13.6 Å². The first-order valence-electron chi connectivity index (χ1n) is 9.58. The van der Waals surface area contributed by atoms with Crippen LogP contribution >= 0.6 is 24.0 Å². The standard InChI is InChI=1S/C21H33N5O.HI/c1-7-22-21(23-12-19(27)17-10-8-9-16(4)11-17)25(5)13-18-14-26(6)24-20(18)15(2)3;/h8-11,14-15,19,27H,7,12-13H2,1-6H3,(H,22,23);1H. The number of halogens is 1. The molecule has 0 aliphatic carbocycles. The number of aliphatic hydroxyl groups is 1. The maximum atomic E-state index is 10.5. The zero-order valence-corrected chi connectivity index (χ0v) is 20.1. The van der Waals surface area contributed by atoms with Crippen LogP contribution in [0.5, 0.6) is 0 Å². The van der Waals surface area contributed by atoms with E-state index >= 15 is 0 Å². The number of nitrogens with one attached hydrogen (secondary N) is 1. The number of nitrogens with zero attached hydrogens (tertiary/aromatic N) is 4. The predicted octanol–water partition coefficient (Wildman–Crippen LogP) is 3.60. The van der Waals surface area contributed by atoms with Gasteiger partial charge in [0.1, 0.15) is 0 Å². The lowest BCUT2D eigenvalue weighted by Crippen LogP contribution is -2.39. The Hall–Kier alpha value is -1.61. The van der Waals surface area contributed by atoms with E-state index in [1.165, 1.54) is 5.56 Å². The van der Waals surface area contributed by atoms with E-state index in [2.05, 4.69) is 40.4 Å². The molecule has 28 heavy (non-hydrogen) atoms. The van der Waals surface area contributed by atoms with Crippen LogP contribution < -0.4 is 5.32 Å². The SMILES string of the molecule is CCNC(=NCC(O)c1cccc(C)c1)N(C)Cc1cn(C)nc1C(C)C.I. The maximum absolute atomic E-state index is 10.5. The Morgan fingerprint density at radius 2 is 2.07 bits per heavy atom. The Morgan fingerprint density at radius 3 is 2.68 bits per heavy atom. The van der Waals surface area contributed by atoms with Crippen LogP contribution in [0, 0.1) is 6.92 Å². The Balaban J connectivity index is 0.00000392. The lowest BCUT2D eigenvalue weighted by molar-refractivity contribution is 0.186. The summed E-state index contributed by atoms with van der Waals surface area (Å²) < 4.78 is 1.87. The summed E-state index contributed by atoms with van der Waals surface area (Å²) in [5.41, 5.74) is 4.34. The normalized spacial score (nSPS) is 12.6. The molecule has 1 aromatic carbocycles. The van der Waals surface area contributed by atoms with Crippen LogP contribution in [-0.4, -0.2) is 45.9 Å². The highest BCUT2D eigenvalue weighted by Crippen LogP contribution is 2.19. The van der Waals surface area contributed by atoms with Gasteiger partial charge in [0.15, 0.2) is 5.96 Å². The molecule has 0 amide bonds. The summed E-state index contributed by atoms with van der Waals surface area (Å²) in [5, 5.41) is 18.4. The molecule has 0 saturated heterocycles. The van der Waals surface area contributed by atoms with Crippen molar-refractivity contribution in [1.82, 2.24) is 20.0 Å². The molecule has 0 bridgehead atoms. The monoisotopic (exact) mass is 499 g/mol. The molecule has 2 aromatic rings. The van der Waals surface area contributed by atoms with Gasteiger partial charge in [-0.1, -0.05) is 43.7 Å². The van der Waals surface area contributed by atoms with Crippen molar-refractivity contribution in [2.45, 2.75) is 46.3 Å². The molecule has 0 spiro atoms. The molecular formula is C21H34IN5O. The summed E-state index contributed by atoms with van der Waals surface area (Å²) in [6, 6.07) is 7.93. The van der Waals surface area contributed by atoms with Crippen LogP contribution in [0.2, 0.25) is 0 Å². The summed E-state index contributed by atoms with van der Waals surface area (Å²) >= 11 is 0. The van der Waals surface area contributed by atoms with Crippen molar-refractivity contribution < 1.29 is 5.11 Å². The molecule has 0 aliphatic rings. The van der Waals surface area contributed by atoms with Gasteiger partial charge in [-0.25, -0.2) is 0 Å². The van der Waals surface area contributed by atoms with E-state index in [4.69, 9.17) is 0 Å². The minimum atomic E-state index is -0.614. The van der Waals surface area contributed by atoms with Gasteiger partial charge in [-0.2, -0.15) is 5.10 Å². The fourth-order valence-electron chi connectivity index (χ4n) is 3.12. The quantitative estimate of drug-likeness (QED) is 0.347. The van der Waals surface area contributed by atoms with E-state index in [0.29, 0.717) is 19.0 Å². The Morgan fingerprint density at radius 1 is 1.36 bits per heavy atom. The molecule has 2 rings (SSSR count). The molecule has 1 unspecified atom stereocenters. The summed E-state index contributed by atoms with van der Waals surface area (Å²) in [7, 11) is 3.96. The smallest absolute Gasteiger partial charge is 0.194 e. The number of benzene rings is 1. The number of aromatic nitrogens is 2. The van der Waals surface area contributed by atoms with Gasteiger partial charge >= 0.3 is 0 Å². The van der Waals surface area contributed by atoms with Crippen LogP contribution in [0.1, 0.15) is 55.2 Å². The average Bonchev–Trinajstić information content (AvgIpc) is 2.98. The minimum absolute atomic E-state index is 0. The minimum Gasteiger partial charge on any atom is -0.386 e. The second-order valence-corrected chi connectivity index (χ2v) is 7.35. The van der Waals surface area contributed by atoms with E-state index in [9.17, 15) is 5.11 Å². The van der Waals surface area contributed by atoms with Gasteiger partial charge in [0.05, 0.1) is 18.3 Å². The molecule has 1 atom stereocenters. The third-order valence-corrected chi connectivity index (χ3v) is 4.43. The number of aliphatic hydroxyl groups excluding tert-OH is 1. The Bertz CT molecular complexity index is 772. The molecule has 1 heterocycles. The van der Waals surface area contributed by atoms with E-state index in [1.807, 2.05) is 56.9 Å². The summed E-state index contributed by atoms with van der Waals surface area (Å²) in [4.78, 5) is 6.73. The van der Waals surface area contributed by atoms with Gasteiger partial charge < -0.3 is 15.3 Å². The van der Waals surface area contributed by atoms with Gasteiger partial charge in [-0.15, -0.1) is 24.0 Å². The molecule has 0 saturated carbocycles. The van der Waals surface area contributed by atoms with Crippen LogP contribution in [0.3, 0.4) is 0 Å². The van der Waals surface area contributed by atoms with E-state index < -0.39 is 6.10 Å². The predicted molar refractivity (Wildman–Crippen MR) is 126 cm³/mol. The number of aliphatic imine (C=N–C) groups is 1. The fourth-order valence-corrected chi connectivity index (χ4v) is 3.12. The fraction of sp³-hybridized carbons (Fsp3) is 0.524. The third-order valence-electron chi connectivity index (χ3n) is 4.43. The highest BCUT2D eigenvalue weighted by molar-refractivity contribution is 14.0. The molecule has 156 valence electrons. The van der Waals surface area contributed by atoms with E-state index in [-0.39, 0.29) is 24.0 Å². The molecular weight excluding hydrogens is 465 g/mol. The average molecular weight is 499 g/mol. The molecule has 7 heteroatoms. The first-order valence-corrected chi connectivity index (χ1v) is 9.58. The number of hydrogen-bond acceptors (Lipinski definition) is 3. The first kappa shape index (κ1) is 24.4. The Labute approximate surface area is 186 Å². The van der Waals surface area contributed by atoms with Gasteiger partial charge in [0, 0.05) is 38.9 Å². The summed E-state index contributed by atoms with van der Waals surface area (Å²) in [6.07, 6.45) is 1.45. The Kier molecular flexibility index (Phi) is 9.95. The zero-order valence-electron chi connectivity index (χ0n) is 17.8. The highest BCUT2D eigenvalue weighted by Gasteiger charge is 2.15. The second-order valence-electron chi connectivity index (χ2n) is 7.35. The van der Waals surface area contributed by atoms with Gasteiger partial charge in [-0.3, -0.25) is 9.67 Å². The largest absolute Gasteiger partial charge is 0.386 e. The number of rotatable bonds is 7. The van der Waals surface area contributed by atoms with Crippen molar-refractivity contribution in [2.24, 2.45) is 12.0 Å². The van der Waals surface area contributed by atoms with Gasteiger partial charge in [0.2, 0.25) is 0 Å². The number of hydrogen-bond donors (Lipinski definition) is 2. The van der Waals surface area contributed by atoms with Crippen molar-refractivity contribution in [3.63, 3.8) is 0 Å². The van der Waals surface area contributed by atoms with Gasteiger partial charge in [0.25, 0.3) is 0 Å². The zero-order chi connectivity index (χ0) is 20.0. The highest BCUT2D eigenvalue weighted by atomic mass is 127. The second kappa shape index (κ2) is 11.4. The van der Waals surface area contributed by atoms with E-state index in [0.717, 1.165) is 29.3 Å². The maximum Gasteiger partial charge on any atom is 0.194 e. The summed E-state index contributed by atoms with van der Waals surface area (Å²) in [6.45, 7) is 10.2. The van der Waals surface area contributed by atoms with Crippen molar-refractivity contribution in [1.29, 1.82) is 0 Å². The van der Waals surface area contributed by atoms with Crippen LogP contribution in [0.25, 0.3) is 0 Å². The van der Waals surface area contributed by atoms with Crippen molar-refractivity contribution >= 4 is 29.9 Å². The molecule has 0 radical (unpaired) electrons. The van der Waals surface area contributed by atoms with Crippen molar-refractivity contribution in [2.75, 3.05) is 20.1 Å². The van der Waals surface area contributed by atoms with Crippen molar-refractivity contribution in [3.05, 3.63) is 52.8 Å².